The van der Waals surface area contributed by atoms with Gasteiger partial charge in [-0.2, -0.15) is 9.97 Å². The number of hydrogen-bond donors (Lipinski definition) is 2. The van der Waals surface area contributed by atoms with Gasteiger partial charge in [-0.25, -0.2) is 0 Å². The first-order chi connectivity index (χ1) is 10.5. The minimum atomic E-state index is 0.120. The topological polar surface area (TPSA) is 90.3 Å². The monoisotopic (exact) mass is 299 g/mol. The van der Waals surface area contributed by atoms with Crippen molar-refractivity contribution < 1.29 is 4.74 Å². The largest absolute Gasteiger partial charge is 0.460 e. The smallest absolute Gasteiger partial charge is 0.319 e. The van der Waals surface area contributed by atoms with E-state index in [1.54, 1.807) is 6.07 Å². The molecule has 2 heterocycles. The lowest BCUT2D eigenvalue weighted by Gasteiger charge is -2.18. The molecular weight excluding hydrogens is 278 g/mol. The number of benzene rings is 1. The Labute approximate surface area is 129 Å². The molecule has 6 heteroatoms. The second-order valence-electron chi connectivity index (χ2n) is 6.62. The Morgan fingerprint density at radius 2 is 1.95 bits per heavy atom. The van der Waals surface area contributed by atoms with Crippen molar-refractivity contribution in [1.29, 1.82) is 0 Å². The molecule has 1 aliphatic carbocycles. The van der Waals surface area contributed by atoms with Gasteiger partial charge in [-0.3, -0.25) is 0 Å². The number of nitrogens with two attached hydrogens (primary N) is 2. The van der Waals surface area contributed by atoms with Crippen LogP contribution in [-0.2, 0) is 0 Å². The van der Waals surface area contributed by atoms with Crippen LogP contribution in [0.5, 0.6) is 6.01 Å². The van der Waals surface area contributed by atoms with E-state index in [0.717, 1.165) is 22.7 Å². The number of fused-ring (bicyclic) bond motifs is 2. The lowest BCUT2D eigenvalue weighted by Crippen LogP contribution is -2.26. The van der Waals surface area contributed by atoms with Crippen molar-refractivity contribution in [2.75, 3.05) is 31.6 Å². The van der Waals surface area contributed by atoms with Crippen molar-refractivity contribution >= 4 is 22.4 Å². The van der Waals surface area contributed by atoms with Gasteiger partial charge in [0.15, 0.2) is 0 Å². The first-order valence-corrected chi connectivity index (χ1v) is 7.71. The molecule has 0 spiro atoms. The number of anilines is 2. The zero-order chi connectivity index (χ0) is 15.4. The van der Waals surface area contributed by atoms with Gasteiger partial charge in [0, 0.05) is 30.1 Å². The highest BCUT2D eigenvalue weighted by molar-refractivity contribution is 5.90. The Balaban J connectivity index is 1.54. The minimum absolute atomic E-state index is 0.120. The molecule has 2 aliphatic rings. The van der Waals surface area contributed by atoms with Gasteiger partial charge in [-0.1, -0.05) is 0 Å². The third-order valence-corrected chi connectivity index (χ3v) is 5.00. The molecule has 116 valence electrons. The number of hydrogen-bond acceptors (Lipinski definition) is 6. The third-order valence-electron chi connectivity index (χ3n) is 5.00. The molecule has 0 radical (unpaired) electrons. The van der Waals surface area contributed by atoms with Crippen LogP contribution in [0.1, 0.15) is 6.92 Å². The third kappa shape index (κ3) is 2.14. The summed E-state index contributed by atoms with van der Waals surface area (Å²) in [5, 5.41) is 0.768. The van der Waals surface area contributed by atoms with Crippen molar-refractivity contribution in [2.24, 2.45) is 17.8 Å². The quantitative estimate of drug-likeness (QED) is 0.832. The lowest BCUT2D eigenvalue weighted by atomic mass is 10.2. The molecule has 0 bridgehead atoms. The van der Waals surface area contributed by atoms with E-state index in [9.17, 15) is 0 Å². The Kier molecular flexibility index (Phi) is 2.91. The normalized spacial score (nSPS) is 28.5. The van der Waals surface area contributed by atoms with Gasteiger partial charge in [-0.05, 0) is 44.0 Å². The second kappa shape index (κ2) is 4.71. The van der Waals surface area contributed by atoms with Crippen LogP contribution in [0.2, 0.25) is 0 Å². The van der Waals surface area contributed by atoms with Crippen LogP contribution in [0.3, 0.4) is 0 Å². The van der Waals surface area contributed by atoms with E-state index in [1.807, 2.05) is 12.1 Å². The molecule has 1 aromatic carbocycles. The van der Waals surface area contributed by atoms with E-state index in [0.29, 0.717) is 23.4 Å². The average molecular weight is 299 g/mol. The number of nitrogens with zero attached hydrogens (tertiary/aromatic N) is 3. The molecule has 2 fully saturated rings. The van der Waals surface area contributed by atoms with Gasteiger partial charge in [0.1, 0.15) is 11.9 Å². The van der Waals surface area contributed by atoms with E-state index >= 15 is 0 Å². The highest BCUT2D eigenvalue weighted by atomic mass is 16.5. The summed E-state index contributed by atoms with van der Waals surface area (Å²) in [6.07, 6.45) is 0.120. The average Bonchev–Trinajstić information content (AvgIpc) is 2.98. The van der Waals surface area contributed by atoms with Crippen LogP contribution in [0.4, 0.5) is 11.5 Å². The molecule has 1 aromatic heterocycles. The molecule has 4 rings (SSSR count). The zero-order valence-corrected chi connectivity index (χ0v) is 12.9. The maximum absolute atomic E-state index is 6.01. The summed E-state index contributed by atoms with van der Waals surface area (Å²) in [4.78, 5) is 11.1. The minimum Gasteiger partial charge on any atom is -0.460 e. The van der Waals surface area contributed by atoms with Crippen molar-refractivity contribution in [3.8, 4) is 6.01 Å². The molecule has 3 unspecified atom stereocenters. The highest BCUT2D eigenvalue weighted by Crippen LogP contribution is 2.53. The number of rotatable bonds is 3. The fourth-order valence-electron chi connectivity index (χ4n) is 3.92. The summed E-state index contributed by atoms with van der Waals surface area (Å²) in [5.74, 6) is 2.55. The number of ether oxygens (including phenoxy) is 1. The molecule has 4 N–H and O–H groups in total. The van der Waals surface area contributed by atoms with Crippen LogP contribution >= 0.6 is 0 Å². The van der Waals surface area contributed by atoms with Crippen LogP contribution in [0.25, 0.3) is 10.9 Å². The lowest BCUT2D eigenvalue weighted by molar-refractivity contribution is 0.156. The fourth-order valence-corrected chi connectivity index (χ4v) is 3.92. The Hall–Kier alpha value is -2.08. The van der Waals surface area contributed by atoms with Gasteiger partial charge in [0.25, 0.3) is 0 Å². The van der Waals surface area contributed by atoms with Crippen molar-refractivity contribution in [1.82, 2.24) is 14.9 Å². The highest BCUT2D eigenvalue weighted by Gasteiger charge is 2.57. The van der Waals surface area contributed by atoms with Crippen molar-refractivity contribution in [3.63, 3.8) is 0 Å². The molecule has 6 nitrogen and oxygen atoms in total. The maximum atomic E-state index is 6.01. The SMILES string of the molecule is CC(Oc1nc(N)c2cc(N)ccc2n1)C1C2CN(C)CC21. The first-order valence-electron chi connectivity index (χ1n) is 7.71. The number of likely N-dealkylation sites (tertiary alicyclic amines) is 1. The van der Waals surface area contributed by atoms with Gasteiger partial charge in [0.2, 0.25) is 0 Å². The Morgan fingerprint density at radius 1 is 1.23 bits per heavy atom. The number of nitrogen functional groups attached to an aromatic ring is 2. The van der Waals surface area contributed by atoms with E-state index in [-0.39, 0.29) is 6.10 Å². The standard InChI is InChI=1S/C16H21N5O/c1-8(14-11-6-21(2)7-12(11)14)22-16-19-13-4-3-9(17)5-10(13)15(18)20-16/h3-5,8,11-12,14H,6-7,17H2,1-2H3,(H2,18,19,20). The zero-order valence-electron chi connectivity index (χ0n) is 12.9. The van der Waals surface area contributed by atoms with Gasteiger partial charge < -0.3 is 21.1 Å². The van der Waals surface area contributed by atoms with Crippen LogP contribution in [-0.4, -0.2) is 41.1 Å². The van der Waals surface area contributed by atoms with Gasteiger partial charge in [0.05, 0.1) is 5.52 Å². The second-order valence-corrected chi connectivity index (χ2v) is 6.62. The predicted molar refractivity (Wildman–Crippen MR) is 86.4 cm³/mol. The number of piperidine rings is 1. The summed E-state index contributed by atoms with van der Waals surface area (Å²) in [5.41, 5.74) is 13.2. The van der Waals surface area contributed by atoms with E-state index in [1.165, 1.54) is 13.1 Å². The van der Waals surface area contributed by atoms with Gasteiger partial charge >= 0.3 is 6.01 Å². The van der Waals surface area contributed by atoms with E-state index in [4.69, 9.17) is 16.2 Å². The first kappa shape index (κ1) is 13.6. The molecule has 22 heavy (non-hydrogen) atoms. The summed E-state index contributed by atoms with van der Waals surface area (Å²) in [6, 6.07) is 5.81. The number of aromatic nitrogens is 2. The van der Waals surface area contributed by atoms with Crippen molar-refractivity contribution in [3.05, 3.63) is 18.2 Å². The molecule has 0 amide bonds. The Bertz CT molecular complexity index is 722. The van der Waals surface area contributed by atoms with E-state index in [2.05, 4.69) is 28.8 Å². The van der Waals surface area contributed by atoms with Crippen LogP contribution < -0.4 is 16.2 Å². The summed E-state index contributed by atoms with van der Waals surface area (Å²) < 4.78 is 5.98. The fraction of sp³-hybridized carbons (Fsp3) is 0.500. The molecule has 1 saturated heterocycles. The Morgan fingerprint density at radius 3 is 2.68 bits per heavy atom. The molecular formula is C16H21N5O. The van der Waals surface area contributed by atoms with Crippen LogP contribution in [0.15, 0.2) is 18.2 Å². The maximum Gasteiger partial charge on any atom is 0.319 e. The summed E-state index contributed by atoms with van der Waals surface area (Å²) in [7, 11) is 2.17. The molecule has 1 aliphatic heterocycles. The van der Waals surface area contributed by atoms with E-state index < -0.39 is 0 Å². The molecule has 2 aromatic rings. The summed E-state index contributed by atoms with van der Waals surface area (Å²) in [6.45, 7) is 4.45. The predicted octanol–water partition coefficient (Wildman–Crippen LogP) is 1.37. The molecule has 1 saturated carbocycles. The van der Waals surface area contributed by atoms with Crippen molar-refractivity contribution in [2.45, 2.75) is 13.0 Å². The molecule has 3 atom stereocenters. The summed E-state index contributed by atoms with van der Waals surface area (Å²) >= 11 is 0. The van der Waals surface area contributed by atoms with Gasteiger partial charge in [-0.15, -0.1) is 0 Å². The van der Waals surface area contributed by atoms with Crippen LogP contribution in [0, 0.1) is 17.8 Å².